The Morgan fingerprint density at radius 3 is 2.78 bits per heavy atom. The molecule has 0 aromatic carbocycles. The van der Waals surface area contributed by atoms with Crippen LogP contribution in [-0.4, -0.2) is 59.3 Å². The molecule has 0 saturated carbocycles. The van der Waals surface area contributed by atoms with E-state index in [1.165, 1.54) is 10.8 Å². The predicted molar refractivity (Wildman–Crippen MR) is 78.0 cm³/mol. The van der Waals surface area contributed by atoms with Gasteiger partial charge in [0, 0.05) is 0 Å². The second-order valence-electron chi connectivity index (χ2n) is 5.11. The number of nitrogens with two attached hydrogens (primary N) is 1. The number of aliphatic hydroxyl groups is 3. The molecule has 0 amide bonds. The summed E-state index contributed by atoms with van der Waals surface area (Å²) < 4.78 is 7.66. The topological polar surface area (TPSA) is 149 Å². The lowest BCUT2D eigenvalue weighted by Crippen LogP contribution is -2.36. The van der Waals surface area contributed by atoms with E-state index < -0.39 is 36.8 Å². The monoisotopic (exact) mass is 321 g/mol. The van der Waals surface area contributed by atoms with Crippen molar-refractivity contribution in [2.75, 3.05) is 12.3 Å². The molecular weight excluding hydrogens is 306 g/mol. The van der Waals surface area contributed by atoms with Crippen LogP contribution in [0.1, 0.15) is 6.23 Å². The van der Waals surface area contributed by atoms with Gasteiger partial charge in [-0.25, -0.2) is 14.3 Å². The summed E-state index contributed by atoms with van der Waals surface area (Å²) in [5.41, 5.74) is 5.41. The van der Waals surface area contributed by atoms with Gasteiger partial charge in [-0.05, 0) is 0 Å². The number of imidazole rings is 1. The van der Waals surface area contributed by atoms with Crippen molar-refractivity contribution in [2.45, 2.75) is 31.1 Å². The van der Waals surface area contributed by atoms with Crippen molar-refractivity contribution in [2.24, 2.45) is 0 Å². The second kappa shape index (κ2) is 5.64. The summed E-state index contributed by atoms with van der Waals surface area (Å²) in [5, 5.41) is 29.2. The molecule has 0 unspecified atom stereocenters. The number of rotatable bonds is 3. The first kappa shape index (κ1) is 15.4. The molecule has 122 valence electrons. The first-order valence-electron chi connectivity index (χ1n) is 6.78. The first-order valence-corrected chi connectivity index (χ1v) is 6.78. The van der Waals surface area contributed by atoms with Crippen molar-refractivity contribution >= 4 is 17.1 Å². The maximum atomic E-state index is 12.6. The lowest BCUT2D eigenvalue weighted by molar-refractivity contribution is -0.0527. The van der Waals surface area contributed by atoms with Crippen LogP contribution in [0.3, 0.4) is 0 Å². The molecule has 23 heavy (non-hydrogen) atoms. The smallest absolute Gasteiger partial charge is 0.333 e. The van der Waals surface area contributed by atoms with E-state index in [0.29, 0.717) is 5.52 Å². The molecule has 0 radical (unpaired) electrons. The van der Waals surface area contributed by atoms with Crippen LogP contribution in [-0.2, 0) is 11.3 Å². The number of ether oxygens (including phenoxy) is 1. The van der Waals surface area contributed by atoms with Crippen molar-refractivity contribution in [3.05, 3.63) is 16.7 Å². The average molecular weight is 321 g/mol. The average Bonchev–Trinajstić information content (AvgIpc) is 2.95. The molecule has 0 bridgehead atoms. The third-order valence-electron chi connectivity index (χ3n) is 3.75. The van der Waals surface area contributed by atoms with E-state index in [1.54, 1.807) is 0 Å². The highest BCUT2D eigenvalue weighted by Gasteiger charge is 2.45. The maximum absolute atomic E-state index is 12.6. The Morgan fingerprint density at radius 2 is 2.17 bits per heavy atom. The number of nitrogens with zero attached hydrogens (tertiary/aromatic N) is 4. The number of aromatic nitrogens is 4. The predicted octanol–water partition coefficient (Wildman–Crippen LogP) is -2.58. The Hall–Kier alpha value is -2.45. The number of nitrogen functional groups attached to an aromatic ring is 1. The third-order valence-corrected chi connectivity index (χ3v) is 3.75. The molecule has 0 aliphatic carbocycles. The van der Waals surface area contributed by atoms with E-state index in [9.17, 15) is 20.1 Å². The van der Waals surface area contributed by atoms with E-state index in [-0.39, 0.29) is 18.1 Å². The molecule has 1 fully saturated rings. The van der Waals surface area contributed by atoms with Gasteiger partial charge in [-0.3, -0.25) is 4.57 Å². The molecule has 3 heterocycles. The van der Waals surface area contributed by atoms with Gasteiger partial charge in [0.2, 0.25) is 5.95 Å². The summed E-state index contributed by atoms with van der Waals surface area (Å²) in [4.78, 5) is 20.4. The van der Waals surface area contributed by atoms with Crippen LogP contribution < -0.4 is 11.4 Å². The first-order chi connectivity index (χ1) is 11.0. The van der Waals surface area contributed by atoms with Crippen LogP contribution in [0.2, 0.25) is 0 Å². The van der Waals surface area contributed by atoms with Crippen molar-refractivity contribution in [1.82, 2.24) is 19.1 Å². The van der Waals surface area contributed by atoms with E-state index in [0.717, 1.165) is 4.57 Å². The standard InChI is InChI=1S/C13H15N5O5/c1-2-3-17-6-4-15-12(14)16-10(6)18(13(17)22)11-9(21)8(20)7(5-19)23-11/h1,4,7-9,11,19-21H,3,5H2,(H2,14,15,16)/t7-,8+,9-,11-/m1/s1. The largest absolute Gasteiger partial charge is 0.394 e. The second-order valence-corrected chi connectivity index (χ2v) is 5.11. The van der Waals surface area contributed by atoms with Gasteiger partial charge in [-0.1, -0.05) is 5.92 Å². The highest BCUT2D eigenvalue weighted by Crippen LogP contribution is 2.30. The van der Waals surface area contributed by atoms with Gasteiger partial charge in [-0.15, -0.1) is 6.42 Å². The summed E-state index contributed by atoms with van der Waals surface area (Å²) >= 11 is 0. The Morgan fingerprint density at radius 1 is 1.43 bits per heavy atom. The fourth-order valence-corrected chi connectivity index (χ4v) is 2.64. The number of anilines is 1. The van der Waals surface area contributed by atoms with Crippen molar-refractivity contribution in [3.8, 4) is 12.3 Å². The molecule has 10 nitrogen and oxygen atoms in total. The molecular formula is C13H15N5O5. The molecule has 0 spiro atoms. The molecule has 1 aliphatic rings. The molecule has 2 aromatic heterocycles. The molecule has 1 saturated heterocycles. The highest BCUT2D eigenvalue weighted by molar-refractivity contribution is 5.72. The van der Waals surface area contributed by atoms with Crippen LogP contribution in [0.4, 0.5) is 5.95 Å². The number of aliphatic hydroxyl groups excluding tert-OH is 3. The Bertz CT molecular complexity index is 838. The van der Waals surface area contributed by atoms with Crippen LogP contribution in [0.5, 0.6) is 0 Å². The third kappa shape index (κ3) is 2.27. The number of hydrogen-bond donors (Lipinski definition) is 4. The van der Waals surface area contributed by atoms with E-state index in [2.05, 4.69) is 15.9 Å². The molecule has 5 N–H and O–H groups in total. The summed E-state index contributed by atoms with van der Waals surface area (Å²) in [7, 11) is 0. The van der Waals surface area contributed by atoms with Crippen LogP contribution in [0.25, 0.3) is 11.2 Å². The van der Waals surface area contributed by atoms with Gasteiger partial charge < -0.3 is 25.8 Å². The van der Waals surface area contributed by atoms with E-state index in [4.69, 9.17) is 16.9 Å². The Balaban J connectivity index is 2.22. The van der Waals surface area contributed by atoms with Gasteiger partial charge in [-0.2, -0.15) is 4.98 Å². The van der Waals surface area contributed by atoms with Crippen molar-refractivity contribution in [3.63, 3.8) is 0 Å². The fourth-order valence-electron chi connectivity index (χ4n) is 2.64. The molecule has 4 atom stereocenters. The van der Waals surface area contributed by atoms with Crippen LogP contribution in [0, 0.1) is 12.3 Å². The van der Waals surface area contributed by atoms with Crippen molar-refractivity contribution < 1.29 is 20.1 Å². The summed E-state index contributed by atoms with van der Waals surface area (Å²) in [6, 6.07) is 0. The lowest BCUT2D eigenvalue weighted by Gasteiger charge is -2.15. The van der Waals surface area contributed by atoms with Crippen LogP contribution >= 0.6 is 0 Å². The fraction of sp³-hybridized carbons (Fsp3) is 0.462. The molecule has 1 aliphatic heterocycles. The Labute approximate surface area is 129 Å². The van der Waals surface area contributed by atoms with Gasteiger partial charge in [0.05, 0.1) is 19.3 Å². The molecule has 10 heteroatoms. The van der Waals surface area contributed by atoms with Crippen molar-refractivity contribution in [1.29, 1.82) is 0 Å². The zero-order valence-electron chi connectivity index (χ0n) is 11.9. The maximum Gasteiger partial charge on any atom is 0.333 e. The SMILES string of the molecule is C#CCn1c(=O)n([C@@H]2O[C@H](CO)[C@H](O)[C@H]2O)c2nc(N)ncc21. The minimum absolute atomic E-state index is 0.0373. The summed E-state index contributed by atoms with van der Waals surface area (Å²) in [6.07, 6.45) is 1.59. The van der Waals surface area contributed by atoms with Gasteiger partial charge in [0.1, 0.15) is 23.8 Å². The number of terminal acetylenes is 1. The van der Waals surface area contributed by atoms with Gasteiger partial charge in [0.25, 0.3) is 0 Å². The molecule has 2 aromatic rings. The highest BCUT2D eigenvalue weighted by atomic mass is 16.6. The van der Waals surface area contributed by atoms with E-state index in [1.807, 2.05) is 0 Å². The minimum atomic E-state index is -1.43. The number of fused-ring (bicyclic) bond motifs is 1. The Kier molecular flexibility index (Phi) is 3.78. The minimum Gasteiger partial charge on any atom is -0.394 e. The van der Waals surface area contributed by atoms with E-state index >= 15 is 0 Å². The molecule has 3 rings (SSSR count). The lowest BCUT2D eigenvalue weighted by atomic mass is 10.1. The quantitative estimate of drug-likeness (QED) is 0.450. The zero-order valence-corrected chi connectivity index (χ0v) is 11.9. The van der Waals surface area contributed by atoms with Gasteiger partial charge in [0.15, 0.2) is 11.9 Å². The summed E-state index contributed by atoms with van der Waals surface area (Å²) in [5.74, 6) is 2.27. The summed E-state index contributed by atoms with van der Waals surface area (Å²) in [6.45, 7) is -0.548. The van der Waals surface area contributed by atoms with Crippen LogP contribution in [0.15, 0.2) is 11.0 Å². The zero-order chi connectivity index (χ0) is 16.7. The van der Waals surface area contributed by atoms with Gasteiger partial charge >= 0.3 is 5.69 Å². The normalized spacial score (nSPS) is 27.4. The number of hydrogen-bond acceptors (Lipinski definition) is 8.